The maximum atomic E-state index is 4.22. The maximum Gasteiger partial charge on any atom is 0.0141 e. The van der Waals surface area contributed by atoms with E-state index in [0.29, 0.717) is 5.92 Å². The van der Waals surface area contributed by atoms with Crippen LogP contribution in [0.2, 0.25) is 0 Å². The highest BCUT2D eigenvalue weighted by molar-refractivity contribution is 5.78. The third-order valence-electron chi connectivity index (χ3n) is 2.98. The van der Waals surface area contributed by atoms with Crippen LogP contribution in [0, 0.1) is 5.92 Å². The Labute approximate surface area is 105 Å². The van der Waals surface area contributed by atoms with E-state index in [1.807, 2.05) is 6.07 Å². The average molecular weight is 229 g/mol. The lowest BCUT2D eigenvalue weighted by molar-refractivity contribution is 0.485. The second-order valence-electron chi connectivity index (χ2n) is 4.66. The van der Waals surface area contributed by atoms with E-state index in [0.717, 1.165) is 6.54 Å². The largest absolute Gasteiger partial charge is 0.380 e. The smallest absolute Gasteiger partial charge is 0.0141 e. The number of hydrogen-bond donors (Lipinski definition) is 0. The lowest BCUT2D eigenvalue weighted by atomic mass is 9.92. The Morgan fingerprint density at radius 2 is 1.88 bits per heavy atom. The quantitative estimate of drug-likeness (QED) is 0.684. The molecular formula is C16H23N. The van der Waals surface area contributed by atoms with Gasteiger partial charge in [0.25, 0.3) is 0 Å². The van der Waals surface area contributed by atoms with Crippen molar-refractivity contribution in [1.82, 2.24) is 4.90 Å². The molecule has 0 bridgehead atoms. The van der Waals surface area contributed by atoms with E-state index in [-0.39, 0.29) is 0 Å². The van der Waals surface area contributed by atoms with Crippen LogP contribution in [-0.2, 0) is 0 Å². The summed E-state index contributed by atoms with van der Waals surface area (Å²) in [6.45, 7) is 11.7. The Morgan fingerprint density at radius 1 is 1.29 bits per heavy atom. The molecule has 0 aliphatic carbocycles. The molecule has 0 aromatic heterocycles. The van der Waals surface area contributed by atoms with Crippen LogP contribution in [-0.4, -0.2) is 18.5 Å². The van der Waals surface area contributed by atoms with E-state index in [2.05, 4.69) is 69.8 Å². The molecule has 92 valence electrons. The van der Waals surface area contributed by atoms with Crippen LogP contribution in [0.15, 0.2) is 48.7 Å². The molecule has 1 nitrogen and oxygen atoms in total. The second-order valence-corrected chi connectivity index (χ2v) is 4.66. The van der Waals surface area contributed by atoms with Crippen LogP contribution in [0.25, 0.3) is 5.57 Å². The molecule has 1 heteroatoms. The fourth-order valence-corrected chi connectivity index (χ4v) is 1.58. The maximum absolute atomic E-state index is 4.22. The molecule has 1 aromatic rings. The SMILES string of the molecule is C=C(/C(=C\N(C)CC)c1ccccc1)C(C)C. The predicted molar refractivity (Wildman–Crippen MR) is 76.7 cm³/mol. The first-order valence-electron chi connectivity index (χ1n) is 6.23. The molecule has 0 radical (unpaired) electrons. The van der Waals surface area contributed by atoms with Crippen molar-refractivity contribution in [3.63, 3.8) is 0 Å². The molecule has 0 atom stereocenters. The molecule has 1 rings (SSSR count). The fourth-order valence-electron chi connectivity index (χ4n) is 1.58. The van der Waals surface area contributed by atoms with E-state index < -0.39 is 0 Å². The standard InChI is InChI=1S/C16H23N/c1-6-17(5)12-16(14(4)13(2)3)15-10-8-7-9-11-15/h7-13H,4,6H2,1-3,5H3/b16-12+. The van der Waals surface area contributed by atoms with E-state index in [1.165, 1.54) is 16.7 Å². The Hall–Kier alpha value is -1.50. The molecule has 0 saturated carbocycles. The van der Waals surface area contributed by atoms with Crippen molar-refractivity contribution in [2.45, 2.75) is 20.8 Å². The van der Waals surface area contributed by atoms with Crippen molar-refractivity contribution in [2.75, 3.05) is 13.6 Å². The third kappa shape index (κ3) is 3.77. The first kappa shape index (κ1) is 13.6. The zero-order chi connectivity index (χ0) is 12.8. The van der Waals surface area contributed by atoms with Crippen molar-refractivity contribution in [2.24, 2.45) is 5.92 Å². The van der Waals surface area contributed by atoms with Crippen molar-refractivity contribution in [3.8, 4) is 0 Å². The van der Waals surface area contributed by atoms with Gasteiger partial charge in [0.05, 0.1) is 0 Å². The molecule has 17 heavy (non-hydrogen) atoms. The second kappa shape index (κ2) is 6.29. The molecule has 0 saturated heterocycles. The summed E-state index contributed by atoms with van der Waals surface area (Å²) < 4.78 is 0. The molecule has 0 unspecified atom stereocenters. The van der Waals surface area contributed by atoms with Crippen LogP contribution in [0.5, 0.6) is 0 Å². The van der Waals surface area contributed by atoms with E-state index in [9.17, 15) is 0 Å². The van der Waals surface area contributed by atoms with Gasteiger partial charge in [0.15, 0.2) is 0 Å². The molecule has 0 fully saturated rings. The first-order chi connectivity index (χ1) is 8.06. The van der Waals surface area contributed by atoms with Gasteiger partial charge in [-0.1, -0.05) is 50.8 Å². The van der Waals surface area contributed by atoms with E-state index in [4.69, 9.17) is 0 Å². The molecule has 0 heterocycles. The summed E-state index contributed by atoms with van der Waals surface area (Å²) in [7, 11) is 2.09. The minimum absolute atomic E-state index is 0.465. The summed E-state index contributed by atoms with van der Waals surface area (Å²) >= 11 is 0. The minimum atomic E-state index is 0.465. The monoisotopic (exact) mass is 229 g/mol. The lowest BCUT2D eigenvalue weighted by Crippen LogP contribution is -2.11. The van der Waals surface area contributed by atoms with E-state index >= 15 is 0 Å². The highest BCUT2D eigenvalue weighted by atomic mass is 15.1. The number of allylic oxidation sites excluding steroid dienone is 2. The molecule has 0 aliphatic heterocycles. The summed E-state index contributed by atoms with van der Waals surface area (Å²) in [5, 5.41) is 0. The van der Waals surface area contributed by atoms with Crippen molar-refractivity contribution in [3.05, 3.63) is 54.2 Å². The van der Waals surface area contributed by atoms with Crippen molar-refractivity contribution < 1.29 is 0 Å². The average Bonchev–Trinajstić information content (AvgIpc) is 2.35. The normalized spacial score (nSPS) is 11.7. The highest BCUT2D eigenvalue weighted by Gasteiger charge is 2.09. The highest BCUT2D eigenvalue weighted by Crippen LogP contribution is 2.27. The third-order valence-corrected chi connectivity index (χ3v) is 2.98. The van der Waals surface area contributed by atoms with Crippen LogP contribution in [0.4, 0.5) is 0 Å². The number of rotatable bonds is 5. The predicted octanol–water partition coefficient (Wildman–Crippen LogP) is 4.19. The summed E-state index contributed by atoms with van der Waals surface area (Å²) in [5.41, 5.74) is 3.67. The Bertz CT molecular complexity index is 387. The molecule has 1 aromatic carbocycles. The molecule has 0 aliphatic rings. The van der Waals surface area contributed by atoms with Gasteiger partial charge in [-0.2, -0.15) is 0 Å². The lowest BCUT2D eigenvalue weighted by Gasteiger charge is -2.19. The van der Waals surface area contributed by atoms with Gasteiger partial charge in [-0.3, -0.25) is 0 Å². The van der Waals surface area contributed by atoms with Gasteiger partial charge in [-0.05, 0) is 24.0 Å². The number of benzene rings is 1. The zero-order valence-electron chi connectivity index (χ0n) is 11.4. The molecular weight excluding hydrogens is 206 g/mol. The number of nitrogens with zero attached hydrogens (tertiary/aromatic N) is 1. The minimum Gasteiger partial charge on any atom is -0.380 e. The van der Waals surface area contributed by atoms with Crippen LogP contribution in [0.3, 0.4) is 0 Å². The van der Waals surface area contributed by atoms with Gasteiger partial charge in [0, 0.05) is 25.4 Å². The van der Waals surface area contributed by atoms with Crippen molar-refractivity contribution >= 4 is 5.57 Å². The summed E-state index contributed by atoms with van der Waals surface area (Å²) in [5.74, 6) is 0.465. The molecule has 0 spiro atoms. The summed E-state index contributed by atoms with van der Waals surface area (Å²) in [6.07, 6.45) is 2.19. The Kier molecular flexibility index (Phi) is 5.02. The summed E-state index contributed by atoms with van der Waals surface area (Å²) in [4.78, 5) is 2.19. The Morgan fingerprint density at radius 3 is 2.35 bits per heavy atom. The van der Waals surface area contributed by atoms with Crippen LogP contribution >= 0.6 is 0 Å². The fraction of sp³-hybridized carbons (Fsp3) is 0.375. The van der Waals surface area contributed by atoms with Gasteiger partial charge in [-0.25, -0.2) is 0 Å². The van der Waals surface area contributed by atoms with E-state index in [1.54, 1.807) is 0 Å². The van der Waals surface area contributed by atoms with Crippen molar-refractivity contribution in [1.29, 1.82) is 0 Å². The van der Waals surface area contributed by atoms with Crippen LogP contribution in [0.1, 0.15) is 26.3 Å². The molecule has 0 N–H and O–H groups in total. The van der Waals surface area contributed by atoms with Gasteiger partial charge in [0.2, 0.25) is 0 Å². The molecule has 0 amide bonds. The first-order valence-corrected chi connectivity index (χ1v) is 6.23. The van der Waals surface area contributed by atoms with Gasteiger partial charge >= 0.3 is 0 Å². The number of hydrogen-bond acceptors (Lipinski definition) is 1. The zero-order valence-corrected chi connectivity index (χ0v) is 11.4. The van der Waals surface area contributed by atoms with Gasteiger partial charge in [0.1, 0.15) is 0 Å². The summed E-state index contributed by atoms with van der Waals surface area (Å²) in [6, 6.07) is 10.5. The Balaban J connectivity index is 3.12. The van der Waals surface area contributed by atoms with Gasteiger partial charge < -0.3 is 4.90 Å². The van der Waals surface area contributed by atoms with Crippen LogP contribution < -0.4 is 0 Å². The van der Waals surface area contributed by atoms with Gasteiger partial charge in [-0.15, -0.1) is 0 Å². The topological polar surface area (TPSA) is 3.24 Å².